The first-order valence-corrected chi connectivity index (χ1v) is 4.51. The van der Waals surface area contributed by atoms with Gasteiger partial charge in [0.2, 0.25) is 0 Å². The summed E-state index contributed by atoms with van der Waals surface area (Å²) in [4.78, 5) is 0. The van der Waals surface area contributed by atoms with Crippen LogP contribution in [-0.4, -0.2) is 15.8 Å². The molecule has 0 unspecified atom stereocenters. The van der Waals surface area contributed by atoms with Crippen molar-refractivity contribution in [1.82, 2.24) is 9.78 Å². The molecule has 1 aromatic rings. The highest BCUT2D eigenvalue weighted by Gasteiger charge is 2.24. The molecule has 0 spiro atoms. The number of nitrogens with two attached hydrogens (primary N) is 1. The van der Waals surface area contributed by atoms with Crippen LogP contribution in [0.25, 0.3) is 0 Å². The summed E-state index contributed by atoms with van der Waals surface area (Å²) in [6, 6.07) is 2.51. The Bertz CT molecular complexity index is 266. The van der Waals surface area contributed by atoms with Crippen LogP contribution in [0.15, 0.2) is 12.3 Å². The van der Waals surface area contributed by atoms with Gasteiger partial charge in [-0.1, -0.05) is 0 Å². The molecule has 1 aliphatic rings. The van der Waals surface area contributed by atoms with Crippen LogP contribution in [0.1, 0.15) is 30.9 Å². The Labute approximate surface area is 72.6 Å². The summed E-state index contributed by atoms with van der Waals surface area (Å²) in [6.07, 6.45) is 5.37. The molecule has 1 aliphatic carbocycles. The van der Waals surface area contributed by atoms with Crippen molar-refractivity contribution in [1.29, 1.82) is 0 Å². The minimum absolute atomic E-state index is 0.407. The van der Waals surface area contributed by atoms with Crippen molar-refractivity contribution in [3.8, 4) is 0 Å². The van der Waals surface area contributed by atoms with Gasteiger partial charge in [-0.2, -0.15) is 5.10 Å². The zero-order valence-corrected chi connectivity index (χ0v) is 7.40. The van der Waals surface area contributed by atoms with E-state index < -0.39 is 0 Å². The van der Waals surface area contributed by atoms with Crippen molar-refractivity contribution in [2.24, 2.45) is 12.8 Å². The lowest BCUT2D eigenvalue weighted by molar-refractivity contribution is 0.606. The van der Waals surface area contributed by atoms with Crippen molar-refractivity contribution < 1.29 is 0 Å². The van der Waals surface area contributed by atoms with Gasteiger partial charge in [0, 0.05) is 30.9 Å². The monoisotopic (exact) mass is 165 g/mol. The second kappa shape index (κ2) is 2.90. The van der Waals surface area contributed by atoms with Crippen LogP contribution >= 0.6 is 0 Å². The first-order valence-electron chi connectivity index (χ1n) is 4.51. The molecule has 0 aliphatic heterocycles. The van der Waals surface area contributed by atoms with E-state index in [0.29, 0.717) is 12.0 Å². The highest BCUT2D eigenvalue weighted by Crippen LogP contribution is 2.32. The van der Waals surface area contributed by atoms with Gasteiger partial charge in [-0.05, 0) is 25.3 Å². The topological polar surface area (TPSA) is 43.8 Å². The normalized spacial score (nSPS) is 29.5. The second-order valence-corrected chi connectivity index (χ2v) is 3.65. The Hall–Kier alpha value is -0.830. The van der Waals surface area contributed by atoms with E-state index in [9.17, 15) is 0 Å². The minimum Gasteiger partial charge on any atom is -0.328 e. The summed E-state index contributed by atoms with van der Waals surface area (Å²) in [7, 11) is 2.00. The molecule has 1 fully saturated rings. The van der Waals surface area contributed by atoms with Gasteiger partial charge >= 0.3 is 0 Å². The lowest BCUT2D eigenvalue weighted by Gasteiger charge is -2.09. The lowest BCUT2D eigenvalue weighted by Crippen LogP contribution is -2.15. The molecular weight excluding hydrogens is 150 g/mol. The van der Waals surface area contributed by atoms with Crippen LogP contribution in [0, 0.1) is 0 Å². The summed E-state index contributed by atoms with van der Waals surface area (Å²) in [5, 5.41) is 4.16. The SMILES string of the molecule is Cn1nccc1[C@H]1CC[C@@H](N)C1. The molecular formula is C9H15N3. The van der Waals surface area contributed by atoms with E-state index in [0.717, 1.165) is 12.8 Å². The fraction of sp³-hybridized carbons (Fsp3) is 0.667. The van der Waals surface area contributed by atoms with E-state index in [4.69, 9.17) is 5.73 Å². The Morgan fingerprint density at radius 1 is 1.58 bits per heavy atom. The minimum atomic E-state index is 0.407. The highest BCUT2D eigenvalue weighted by atomic mass is 15.3. The lowest BCUT2D eigenvalue weighted by atomic mass is 10.0. The summed E-state index contributed by atoms with van der Waals surface area (Å²) in [6.45, 7) is 0. The number of hydrogen-bond acceptors (Lipinski definition) is 2. The standard InChI is InChI=1S/C9H15N3/c1-12-9(4-5-11-12)7-2-3-8(10)6-7/h4-5,7-8H,2-3,6,10H2,1H3/t7-,8+/m0/s1. The number of nitrogens with zero attached hydrogens (tertiary/aromatic N) is 2. The second-order valence-electron chi connectivity index (χ2n) is 3.65. The number of hydrogen-bond donors (Lipinski definition) is 1. The Balaban J connectivity index is 2.16. The van der Waals surface area contributed by atoms with Gasteiger partial charge in [0.25, 0.3) is 0 Å². The van der Waals surface area contributed by atoms with Crippen molar-refractivity contribution >= 4 is 0 Å². The molecule has 2 atom stereocenters. The van der Waals surface area contributed by atoms with Crippen molar-refractivity contribution in [2.45, 2.75) is 31.2 Å². The molecule has 12 heavy (non-hydrogen) atoms. The number of aromatic nitrogens is 2. The van der Waals surface area contributed by atoms with Crippen LogP contribution in [0.4, 0.5) is 0 Å². The Morgan fingerprint density at radius 3 is 2.92 bits per heavy atom. The van der Waals surface area contributed by atoms with Crippen LogP contribution in [0.2, 0.25) is 0 Å². The summed E-state index contributed by atoms with van der Waals surface area (Å²) >= 11 is 0. The van der Waals surface area contributed by atoms with Crippen LogP contribution in [-0.2, 0) is 7.05 Å². The first kappa shape index (κ1) is 7.80. The maximum absolute atomic E-state index is 5.85. The molecule has 0 radical (unpaired) electrons. The van der Waals surface area contributed by atoms with Gasteiger partial charge in [-0.15, -0.1) is 0 Å². The van der Waals surface area contributed by atoms with Crippen LogP contribution < -0.4 is 5.73 Å². The van der Waals surface area contributed by atoms with Crippen molar-refractivity contribution in [3.05, 3.63) is 18.0 Å². The summed E-state index contributed by atoms with van der Waals surface area (Å²) in [5.41, 5.74) is 7.19. The van der Waals surface area contributed by atoms with E-state index in [1.54, 1.807) is 0 Å². The van der Waals surface area contributed by atoms with Crippen molar-refractivity contribution in [2.75, 3.05) is 0 Å². The third-order valence-electron chi connectivity index (χ3n) is 2.75. The van der Waals surface area contributed by atoms with Gasteiger partial charge in [0.1, 0.15) is 0 Å². The van der Waals surface area contributed by atoms with Gasteiger partial charge in [0.05, 0.1) is 0 Å². The molecule has 0 aromatic carbocycles. The predicted molar refractivity (Wildman–Crippen MR) is 47.8 cm³/mol. The molecule has 3 nitrogen and oxygen atoms in total. The maximum atomic E-state index is 5.85. The summed E-state index contributed by atoms with van der Waals surface area (Å²) < 4.78 is 1.96. The number of aryl methyl sites for hydroxylation is 1. The zero-order valence-electron chi connectivity index (χ0n) is 7.40. The van der Waals surface area contributed by atoms with Gasteiger partial charge in [-0.25, -0.2) is 0 Å². The van der Waals surface area contributed by atoms with Crippen LogP contribution in [0.5, 0.6) is 0 Å². The van der Waals surface area contributed by atoms with E-state index in [1.807, 2.05) is 17.9 Å². The fourth-order valence-electron chi connectivity index (χ4n) is 2.07. The average molecular weight is 165 g/mol. The first-order chi connectivity index (χ1) is 5.77. The molecule has 2 rings (SSSR count). The molecule has 0 amide bonds. The Kier molecular flexibility index (Phi) is 1.89. The molecule has 1 heterocycles. The quantitative estimate of drug-likeness (QED) is 0.675. The number of rotatable bonds is 1. The molecule has 1 aromatic heterocycles. The van der Waals surface area contributed by atoms with E-state index in [-0.39, 0.29) is 0 Å². The van der Waals surface area contributed by atoms with E-state index in [2.05, 4.69) is 11.2 Å². The zero-order chi connectivity index (χ0) is 8.55. The van der Waals surface area contributed by atoms with Gasteiger partial charge < -0.3 is 5.73 Å². The predicted octanol–water partition coefficient (Wildman–Crippen LogP) is 1.01. The summed E-state index contributed by atoms with van der Waals surface area (Å²) in [5.74, 6) is 0.646. The third kappa shape index (κ3) is 1.25. The van der Waals surface area contributed by atoms with E-state index in [1.165, 1.54) is 12.1 Å². The smallest absolute Gasteiger partial charge is 0.0492 e. The van der Waals surface area contributed by atoms with Crippen LogP contribution in [0.3, 0.4) is 0 Å². The van der Waals surface area contributed by atoms with Crippen molar-refractivity contribution in [3.63, 3.8) is 0 Å². The Morgan fingerprint density at radius 2 is 2.42 bits per heavy atom. The fourth-order valence-corrected chi connectivity index (χ4v) is 2.07. The van der Waals surface area contributed by atoms with Gasteiger partial charge in [0.15, 0.2) is 0 Å². The largest absolute Gasteiger partial charge is 0.328 e. The molecule has 0 saturated heterocycles. The van der Waals surface area contributed by atoms with E-state index >= 15 is 0 Å². The average Bonchev–Trinajstić information content (AvgIpc) is 2.58. The van der Waals surface area contributed by atoms with Gasteiger partial charge in [-0.3, -0.25) is 4.68 Å². The molecule has 3 heteroatoms. The molecule has 0 bridgehead atoms. The molecule has 66 valence electrons. The maximum Gasteiger partial charge on any atom is 0.0492 e. The highest BCUT2D eigenvalue weighted by molar-refractivity contribution is 5.10. The molecule has 2 N–H and O–H groups in total. The molecule has 1 saturated carbocycles. The third-order valence-corrected chi connectivity index (χ3v) is 2.75.